The zero-order chi connectivity index (χ0) is 20.4. The van der Waals surface area contributed by atoms with Gasteiger partial charge in [-0.3, -0.25) is 0 Å². The number of hydrogen-bond acceptors (Lipinski definition) is 6. The molecule has 0 saturated heterocycles. The van der Waals surface area contributed by atoms with Crippen molar-refractivity contribution >= 4 is 11.9 Å². The van der Waals surface area contributed by atoms with E-state index in [1.807, 2.05) is 0 Å². The van der Waals surface area contributed by atoms with Crippen molar-refractivity contribution in [2.45, 2.75) is 72.1 Å². The molecular weight excluding hydrogens is 362 g/mol. The number of aromatic nitrogens is 1. The molecule has 1 aromatic rings. The highest BCUT2D eigenvalue weighted by Crippen LogP contribution is 2.35. The van der Waals surface area contributed by atoms with Gasteiger partial charge in [0.25, 0.3) is 0 Å². The van der Waals surface area contributed by atoms with Crippen molar-refractivity contribution in [1.29, 1.82) is 0 Å². The Morgan fingerprint density at radius 1 is 0.964 bits per heavy atom. The monoisotopic (exact) mass is 395 g/mol. The van der Waals surface area contributed by atoms with Crippen LogP contribution in [0.3, 0.4) is 0 Å². The van der Waals surface area contributed by atoms with Crippen LogP contribution in [-0.2, 0) is 20.8 Å². The molecule has 1 aliphatic heterocycles. The van der Waals surface area contributed by atoms with Crippen molar-refractivity contribution in [2.24, 2.45) is 5.92 Å². The van der Waals surface area contributed by atoms with Crippen LogP contribution in [0.1, 0.15) is 92.3 Å². The number of aromatic amines is 1. The van der Waals surface area contributed by atoms with Gasteiger partial charge in [0, 0.05) is 5.56 Å². The lowest BCUT2D eigenvalue weighted by Gasteiger charge is -2.13. The molecule has 158 valence electrons. The molecule has 0 radical (unpaired) electrons. The van der Waals surface area contributed by atoms with Crippen molar-refractivity contribution in [3.63, 3.8) is 0 Å². The van der Waals surface area contributed by atoms with Gasteiger partial charge in [0.1, 0.15) is 5.69 Å². The van der Waals surface area contributed by atoms with Gasteiger partial charge in [0.15, 0.2) is 5.69 Å². The number of fused-ring (bicyclic) bond motifs is 1. The summed E-state index contributed by atoms with van der Waals surface area (Å²) in [6, 6.07) is 0. The van der Waals surface area contributed by atoms with Crippen molar-refractivity contribution in [3.8, 4) is 5.75 Å². The van der Waals surface area contributed by atoms with E-state index in [0.717, 1.165) is 12.8 Å². The fourth-order valence-corrected chi connectivity index (χ4v) is 3.47. The summed E-state index contributed by atoms with van der Waals surface area (Å²) in [6.45, 7) is 6.58. The fraction of sp³-hybridized carbons (Fsp3) is 0.714. The van der Waals surface area contributed by atoms with E-state index < -0.39 is 11.9 Å². The Morgan fingerprint density at radius 2 is 1.61 bits per heavy atom. The van der Waals surface area contributed by atoms with Gasteiger partial charge in [-0.25, -0.2) is 9.59 Å². The first kappa shape index (κ1) is 22.3. The zero-order valence-electron chi connectivity index (χ0n) is 17.3. The number of ether oxygens (including phenoxy) is 2. The number of carbonyl (C=O) groups excluding carboxylic acids is 2. The lowest BCUT2D eigenvalue weighted by Crippen LogP contribution is -2.14. The summed E-state index contributed by atoms with van der Waals surface area (Å²) in [5, 5.41) is 0. The quantitative estimate of drug-likeness (QED) is 0.335. The van der Waals surface area contributed by atoms with Crippen LogP contribution in [0.25, 0.3) is 0 Å². The maximum atomic E-state index is 12.4. The predicted molar refractivity (Wildman–Crippen MR) is 104 cm³/mol. The van der Waals surface area contributed by atoms with E-state index >= 15 is 0 Å². The van der Waals surface area contributed by atoms with E-state index in [1.165, 1.54) is 32.1 Å². The van der Waals surface area contributed by atoms with E-state index in [9.17, 15) is 9.59 Å². The smallest absolute Gasteiger partial charge is 0.358 e. The van der Waals surface area contributed by atoms with Crippen LogP contribution in [-0.4, -0.2) is 36.7 Å². The first-order valence-corrected chi connectivity index (χ1v) is 10.5. The van der Waals surface area contributed by atoms with Gasteiger partial charge >= 0.3 is 11.9 Å². The second kappa shape index (κ2) is 11.7. The molecule has 0 amide bonds. The Bertz CT molecular complexity index is 639. The topological polar surface area (TPSA) is 86.9 Å². The van der Waals surface area contributed by atoms with Crippen LogP contribution >= 0.6 is 0 Å². The van der Waals surface area contributed by atoms with Gasteiger partial charge in [-0.2, -0.15) is 4.89 Å². The second-order valence-corrected chi connectivity index (χ2v) is 7.12. The van der Waals surface area contributed by atoms with Gasteiger partial charge < -0.3 is 19.3 Å². The van der Waals surface area contributed by atoms with Crippen molar-refractivity contribution < 1.29 is 28.8 Å². The first-order valence-electron chi connectivity index (χ1n) is 10.5. The number of hydrogen-bond donors (Lipinski definition) is 1. The van der Waals surface area contributed by atoms with E-state index in [2.05, 4.69) is 11.9 Å². The Balaban J connectivity index is 2.12. The zero-order valence-corrected chi connectivity index (χ0v) is 17.3. The van der Waals surface area contributed by atoms with Crippen molar-refractivity contribution in [2.75, 3.05) is 19.8 Å². The summed E-state index contributed by atoms with van der Waals surface area (Å²) in [5.41, 5.74) is 0.980. The number of rotatable bonds is 11. The molecule has 0 fully saturated rings. The van der Waals surface area contributed by atoms with Gasteiger partial charge in [-0.1, -0.05) is 45.4 Å². The largest absolute Gasteiger partial charge is 0.461 e. The summed E-state index contributed by atoms with van der Waals surface area (Å²) < 4.78 is 10.2. The van der Waals surface area contributed by atoms with Crippen LogP contribution in [0, 0.1) is 5.92 Å². The van der Waals surface area contributed by atoms with Gasteiger partial charge in [0.05, 0.1) is 19.8 Å². The summed E-state index contributed by atoms with van der Waals surface area (Å²) in [5.74, 6) is -0.621. The molecule has 7 nitrogen and oxygen atoms in total. The third-order valence-corrected chi connectivity index (χ3v) is 4.92. The molecule has 1 aromatic heterocycles. The minimum atomic E-state index is -0.577. The molecule has 0 aromatic carbocycles. The molecule has 2 rings (SSSR count). The Labute approximate surface area is 167 Å². The maximum absolute atomic E-state index is 12.4. The van der Waals surface area contributed by atoms with E-state index in [-0.39, 0.29) is 36.3 Å². The van der Waals surface area contributed by atoms with Crippen LogP contribution in [0.4, 0.5) is 0 Å². The first-order chi connectivity index (χ1) is 13.6. The number of esters is 2. The van der Waals surface area contributed by atoms with E-state index in [0.29, 0.717) is 18.6 Å². The second-order valence-electron chi connectivity index (χ2n) is 7.12. The van der Waals surface area contributed by atoms with E-state index in [4.69, 9.17) is 19.2 Å². The SMILES string of the molecule is CCCCCCCCC1COOc2c(C(=O)OCC)[nH]c(C(=O)OCC)c2C1. The van der Waals surface area contributed by atoms with Gasteiger partial charge in [-0.15, -0.1) is 0 Å². The highest BCUT2D eigenvalue weighted by molar-refractivity contribution is 5.97. The molecule has 0 bridgehead atoms. The molecule has 0 saturated carbocycles. The molecule has 1 aliphatic rings. The third kappa shape index (κ3) is 5.99. The van der Waals surface area contributed by atoms with Crippen LogP contribution < -0.4 is 4.89 Å². The normalized spacial score (nSPS) is 16.0. The molecule has 28 heavy (non-hydrogen) atoms. The maximum Gasteiger partial charge on any atom is 0.358 e. The number of H-pyrrole nitrogens is 1. The highest BCUT2D eigenvalue weighted by Gasteiger charge is 2.33. The number of nitrogens with one attached hydrogen (secondary N) is 1. The Morgan fingerprint density at radius 3 is 2.29 bits per heavy atom. The Hall–Kier alpha value is -2.02. The van der Waals surface area contributed by atoms with Gasteiger partial charge in [0.2, 0.25) is 5.75 Å². The third-order valence-electron chi connectivity index (χ3n) is 4.92. The summed E-state index contributed by atoms with van der Waals surface area (Å²) in [7, 11) is 0. The van der Waals surface area contributed by atoms with Crippen LogP contribution in [0.2, 0.25) is 0 Å². The lowest BCUT2D eigenvalue weighted by atomic mass is 9.93. The van der Waals surface area contributed by atoms with Gasteiger partial charge in [-0.05, 0) is 32.6 Å². The van der Waals surface area contributed by atoms with E-state index in [1.54, 1.807) is 13.8 Å². The number of carbonyl (C=O) groups is 2. The predicted octanol–water partition coefficient (Wildman–Crippen LogP) is 4.60. The summed E-state index contributed by atoms with van der Waals surface area (Å²) in [4.78, 5) is 38.3. The molecule has 1 N–H and O–H groups in total. The lowest BCUT2D eigenvalue weighted by molar-refractivity contribution is -0.212. The average Bonchev–Trinajstić information content (AvgIpc) is 2.90. The highest BCUT2D eigenvalue weighted by atomic mass is 17.2. The minimum Gasteiger partial charge on any atom is -0.461 e. The van der Waals surface area contributed by atoms with Crippen LogP contribution in [0.15, 0.2) is 0 Å². The molecule has 1 atom stereocenters. The molecule has 0 spiro atoms. The minimum absolute atomic E-state index is 0.0973. The molecule has 7 heteroatoms. The van der Waals surface area contributed by atoms with Crippen molar-refractivity contribution in [3.05, 3.63) is 17.0 Å². The fourth-order valence-electron chi connectivity index (χ4n) is 3.47. The molecular formula is C21H33NO6. The number of unbranched alkanes of at least 4 members (excludes halogenated alkanes) is 5. The molecule has 0 aliphatic carbocycles. The summed E-state index contributed by atoms with van der Waals surface area (Å²) >= 11 is 0. The van der Waals surface area contributed by atoms with Crippen molar-refractivity contribution in [1.82, 2.24) is 4.98 Å². The standard InChI is InChI=1S/C21H33NO6/c1-4-7-8-9-10-11-12-15-13-16-17(20(23)25-5-2)22-18(21(24)26-6-3)19(16)28-27-14-15/h15,22H,4-14H2,1-3H3. The molecule has 2 heterocycles. The average molecular weight is 395 g/mol. The Kier molecular flexibility index (Phi) is 9.34. The van der Waals surface area contributed by atoms with Crippen LogP contribution in [0.5, 0.6) is 5.75 Å². The molecule has 1 unspecified atom stereocenters. The summed E-state index contributed by atoms with van der Waals surface area (Å²) in [6.07, 6.45) is 8.92.